The highest BCUT2D eigenvalue weighted by Crippen LogP contribution is 2.30. The second kappa shape index (κ2) is 9.30. The minimum atomic E-state index is -4.52. The maximum absolute atomic E-state index is 13.1. The number of hydrogen-bond acceptors (Lipinski definition) is 4. The van der Waals surface area contributed by atoms with Crippen LogP contribution in [0.1, 0.15) is 45.4 Å². The van der Waals surface area contributed by atoms with Crippen LogP contribution in [-0.2, 0) is 27.4 Å². The molecule has 3 rings (SSSR count). The van der Waals surface area contributed by atoms with Crippen molar-refractivity contribution in [3.05, 3.63) is 88.2 Å². The average Bonchev–Trinajstić information content (AvgIpc) is 3.03. The number of halogens is 3. The number of rotatable bonds is 7. The monoisotopic (exact) mass is 480 g/mol. The molecular weight excluding hydrogens is 457 g/mol. The van der Waals surface area contributed by atoms with E-state index in [1.165, 1.54) is 41.9 Å². The summed E-state index contributed by atoms with van der Waals surface area (Å²) in [7, 11) is -4.04. The molecule has 6 nitrogen and oxygen atoms in total. The lowest BCUT2D eigenvalue weighted by atomic mass is 10.1. The summed E-state index contributed by atoms with van der Waals surface area (Å²) >= 11 is 0. The van der Waals surface area contributed by atoms with E-state index in [2.05, 4.69) is 4.83 Å². The zero-order chi connectivity index (χ0) is 24.4. The van der Waals surface area contributed by atoms with Crippen LogP contribution in [0.15, 0.2) is 59.5 Å². The van der Waals surface area contributed by atoms with Gasteiger partial charge in [-0.1, -0.05) is 35.9 Å². The third-order valence-electron chi connectivity index (χ3n) is 5.00. The number of nitrogens with zero attached hydrogens (tertiary/aromatic N) is 1. The fraction of sp³-hybridized carbons (Fsp3) is 0.261. The number of benzene rings is 2. The molecule has 2 aromatic carbocycles. The zero-order valence-electron chi connectivity index (χ0n) is 18.2. The van der Waals surface area contributed by atoms with Gasteiger partial charge in [-0.25, -0.2) is 9.63 Å². The largest absolute Gasteiger partial charge is 0.462 e. The van der Waals surface area contributed by atoms with E-state index in [-0.39, 0.29) is 34.9 Å². The van der Waals surface area contributed by atoms with Crippen LogP contribution in [0, 0.1) is 13.8 Å². The fourth-order valence-electron chi connectivity index (χ4n) is 3.30. The summed E-state index contributed by atoms with van der Waals surface area (Å²) in [6.45, 7) is 5.09. The zero-order valence-corrected chi connectivity index (χ0v) is 19.0. The third-order valence-corrected chi connectivity index (χ3v) is 6.32. The van der Waals surface area contributed by atoms with E-state index in [1.807, 2.05) is 6.92 Å². The molecule has 176 valence electrons. The van der Waals surface area contributed by atoms with Crippen LogP contribution in [0.25, 0.3) is 0 Å². The van der Waals surface area contributed by atoms with Gasteiger partial charge in [0.2, 0.25) is 0 Å². The molecule has 33 heavy (non-hydrogen) atoms. The smallest absolute Gasteiger partial charge is 0.416 e. The van der Waals surface area contributed by atoms with E-state index in [1.54, 1.807) is 19.1 Å². The van der Waals surface area contributed by atoms with Crippen molar-refractivity contribution in [2.45, 2.75) is 38.3 Å². The first-order valence-corrected chi connectivity index (χ1v) is 11.5. The normalized spacial score (nSPS) is 11.9. The highest BCUT2D eigenvalue weighted by atomic mass is 32.2. The van der Waals surface area contributed by atoms with Gasteiger partial charge >= 0.3 is 12.1 Å². The molecule has 0 aliphatic carbocycles. The number of carbonyl (C=O) groups excluding carboxylic acids is 1. The summed E-state index contributed by atoms with van der Waals surface area (Å²) in [6, 6.07) is 12.3. The summed E-state index contributed by atoms with van der Waals surface area (Å²) in [5, 5.41) is 0. The molecule has 0 radical (unpaired) electrons. The van der Waals surface area contributed by atoms with Gasteiger partial charge < -0.3 is 4.74 Å². The molecule has 0 aliphatic heterocycles. The van der Waals surface area contributed by atoms with E-state index in [0.29, 0.717) is 5.56 Å². The van der Waals surface area contributed by atoms with Crippen molar-refractivity contribution in [3.8, 4) is 0 Å². The van der Waals surface area contributed by atoms with E-state index in [0.717, 1.165) is 17.7 Å². The van der Waals surface area contributed by atoms with E-state index in [4.69, 9.17) is 4.74 Å². The molecule has 10 heteroatoms. The minimum Gasteiger partial charge on any atom is -0.462 e. The third kappa shape index (κ3) is 5.57. The Balaban J connectivity index is 2.05. The van der Waals surface area contributed by atoms with E-state index < -0.39 is 27.7 Å². The van der Waals surface area contributed by atoms with Crippen LogP contribution in [0.5, 0.6) is 0 Å². The van der Waals surface area contributed by atoms with Crippen molar-refractivity contribution in [2.75, 3.05) is 11.4 Å². The first-order valence-electron chi connectivity index (χ1n) is 10.1. The van der Waals surface area contributed by atoms with Crippen LogP contribution in [0.2, 0.25) is 0 Å². The highest BCUT2D eigenvalue weighted by molar-refractivity contribution is 7.92. The molecule has 0 spiro atoms. The number of nitrogens with one attached hydrogen (secondary N) is 1. The minimum absolute atomic E-state index is 0.00361. The summed E-state index contributed by atoms with van der Waals surface area (Å²) in [6.07, 6.45) is -4.57. The Morgan fingerprint density at radius 2 is 1.73 bits per heavy atom. The van der Waals surface area contributed by atoms with Gasteiger partial charge in [0.25, 0.3) is 10.0 Å². The molecule has 0 amide bonds. The molecule has 0 saturated carbocycles. The summed E-state index contributed by atoms with van der Waals surface area (Å²) < 4.78 is 71.5. The Bertz CT molecular complexity index is 1260. The number of hydrogen-bond donors (Lipinski definition) is 1. The molecule has 1 N–H and O–H groups in total. The Kier molecular flexibility index (Phi) is 6.87. The predicted octanol–water partition coefficient (Wildman–Crippen LogP) is 4.82. The van der Waals surface area contributed by atoms with Gasteiger partial charge in [0, 0.05) is 12.1 Å². The number of sulfonamides is 1. The molecule has 0 atom stereocenters. The van der Waals surface area contributed by atoms with Gasteiger partial charge in [-0.2, -0.15) is 21.6 Å². The lowest BCUT2D eigenvalue weighted by Gasteiger charge is -2.16. The molecule has 0 saturated heterocycles. The molecule has 0 unspecified atom stereocenters. The number of aromatic nitrogens is 1. The van der Waals surface area contributed by atoms with E-state index in [9.17, 15) is 26.4 Å². The number of esters is 1. The Morgan fingerprint density at radius 3 is 2.33 bits per heavy atom. The Hall–Kier alpha value is -3.27. The first-order chi connectivity index (χ1) is 15.4. The van der Waals surface area contributed by atoms with Crippen LogP contribution >= 0.6 is 0 Å². The Morgan fingerprint density at radius 1 is 1.06 bits per heavy atom. The molecule has 0 fully saturated rings. The van der Waals surface area contributed by atoms with Crippen molar-refractivity contribution in [2.24, 2.45) is 0 Å². The number of aryl methyl sites for hydroxylation is 1. The average molecular weight is 481 g/mol. The topological polar surface area (TPSA) is 77.4 Å². The van der Waals surface area contributed by atoms with Crippen molar-refractivity contribution in [1.29, 1.82) is 0 Å². The molecule has 3 aromatic rings. The predicted molar refractivity (Wildman–Crippen MR) is 117 cm³/mol. The quantitative estimate of drug-likeness (QED) is 0.492. The van der Waals surface area contributed by atoms with Crippen LogP contribution in [0.4, 0.5) is 13.2 Å². The van der Waals surface area contributed by atoms with Gasteiger partial charge in [-0.3, -0.25) is 4.68 Å². The molecule has 0 aliphatic rings. The van der Waals surface area contributed by atoms with Gasteiger partial charge in [0.15, 0.2) is 0 Å². The van der Waals surface area contributed by atoms with Crippen LogP contribution < -0.4 is 4.83 Å². The van der Waals surface area contributed by atoms with Crippen molar-refractivity contribution >= 4 is 16.0 Å². The van der Waals surface area contributed by atoms with Crippen molar-refractivity contribution in [1.82, 2.24) is 4.68 Å². The Labute approximate surface area is 190 Å². The first kappa shape index (κ1) is 24.4. The molecule has 1 aromatic heterocycles. The number of carbonyl (C=O) groups is 1. The van der Waals surface area contributed by atoms with Gasteiger partial charge in [-0.15, -0.1) is 0 Å². The summed E-state index contributed by atoms with van der Waals surface area (Å²) in [4.78, 5) is 14.8. The lowest BCUT2D eigenvalue weighted by molar-refractivity contribution is -0.137. The van der Waals surface area contributed by atoms with E-state index >= 15 is 0 Å². The maximum Gasteiger partial charge on any atom is 0.416 e. The maximum atomic E-state index is 13.1. The van der Waals surface area contributed by atoms with Gasteiger partial charge in [0.05, 0.1) is 28.3 Å². The second-order valence-corrected chi connectivity index (χ2v) is 9.13. The fourth-order valence-corrected chi connectivity index (χ4v) is 4.40. The lowest BCUT2D eigenvalue weighted by Crippen LogP contribution is -2.26. The summed E-state index contributed by atoms with van der Waals surface area (Å²) in [5.41, 5.74) is 1.01. The van der Waals surface area contributed by atoms with Gasteiger partial charge in [0.1, 0.15) is 0 Å². The number of ether oxygens (including phenoxy) is 1. The molecule has 0 bridgehead atoms. The molecular formula is C23H23F3N2O4S. The van der Waals surface area contributed by atoms with Gasteiger partial charge in [-0.05, 0) is 50.6 Å². The van der Waals surface area contributed by atoms with Crippen molar-refractivity contribution < 1.29 is 31.1 Å². The van der Waals surface area contributed by atoms with Crippen LogP contribution in [-0.4, -0.2) is 25.7 Å². The standard InChI is InChI=1S/C23H23F3N2O4S/c1-4-32-22(29)21-14-19(13-17-6-5-7-18(12-17)23(24,25)26)28(16(21)3)27-33(30,31)20-10-8-15(2)9-11-20/h5-12,14,27H,4,13H2,1-3H3. The number of alkyl halides is 3. The second-order valence-electron chi connectivity index (χ2n) is 7.47. The summed E-state index contributed by atoms with van der Waals surface area (Å²) in [5.74, 6) is -0.659. The van der Waals surface area contributed by atoms with Crippen molar-refractivity contribution in [3.63, 3.8) is 0 Å². The molecule has 1 heterocycles. The highest BCUT2D eigenvalue weighted by Gasteiger charge is 2.30. The van der Waals surface area contributed by atoms with Crippen LogP contribution in [0.3, 0.4) is 0 Å². The SMILES string of the molecule is CCOC(=O)c1cc(Cc2cccc(C(F)(F)F)c2)n(NS(=O)(=O)c2ccc(C)cc2)c1C.